The minimum absolute atomic E-state index is 0.126. The van der Waals surface area contributed by atoms with Gasteiger partial charge in [-0.1, -0.05) is 19.8 Å². The fourth-order valence-corrected chi connectivity index (χ4v) is 1.94. The second kappa shape index (κ2) is 9.01. The third kappa shape index (κ3) is 5.29. The van der Waals surface area contributed by atoms with Gasteiger partial charge in [-0.05, 0) is 12.8 Å². The molecule has 0 aromatic carbocycles. The van der Waals surface area contributed by atoms with Gasteiger partial charge in [-0.15, -0.1) is 0 Å². The molecule has 1 aromatic heterocycles. The van der Waals surface area contributed by atoms with E-state index >= 15 is 0 Å². The van der Waals surface area contributed by atoms with Crippen molar-refractivity contribution in [1.82, 2.24) is 9.97 Å². The molecule has 1 heterocycles. The highest BCUT2D eigenvalue weighted by molar-refractivity contribution is 5.08. The summed E-state index contributed by atoms with van der Waals surface area (Å²) in [6.45, 7) is 1.38. The molecular weight excluding hydrogens is 276 g/mol. The molecule has 0 fully saturated rings. The summed E-state index contributed by atoms with van der Waals surface area (Å²) in [5.41, 5.74) is 0.824. The number of hydrogen-bond acceptors (Lipinski definition) is 7. The molecule has 7 heteroatoms. The van der Waals surface area contributed by atoms with Crippen LogP contribution in [-0.4, -0.2) is 60.4 Å². The number of rotatable bonds is 9. The SMILES string of the molecule is CCCCCc1cncc([C@@H](O)[C@H](O)[C@@H](O)[C@H](O)CO)n1. The quantitative estimate of drug-likeness (QED) is 0.382. The predicted octanol–water partition coefficient (Wildman–Crippen LogP) is -0.682. The Morgan fingerprint density at radius 2 is 1.76 bits per heavy atom. The number of nitrogens with zero attached hydrogens (tertiary/aromatic N) is 2. The minimum Gasteiger partial charge on any atom is -0.394 e. The highest BCUT2D eigenvalue weighted by Crippen LogP contribution is 2.19. The average molecular weight is 300 g/mol. The van der Waals surface area contributed by atoms with Crippen molar-refractivity contribution < 1.29 is 25.5 Å². The lowest BCUT2D eigenvalue weighted by Gasteiger charge is -2.25. The molecule has 0 aliphatic carbocycles. The zero-order valence-electron chi connectivity index (χ0n) is 12.1. The first-order valence-electron chi connectivity index (χ1n) is 7.15. The van der Waals surface area contributed by atoms with Gasteiger partial charge >= 0.3 is 0 Å². The molecule has 0 aliphatic rings. The summed E-state index contributed by atoms with van der Waals surface area (Å²) in [7, 11) is 0. The number of unbranched alkanes of at least 4 members (excludes halogenated alkanes) is 2. The van der Waals surface area contributed by atoms with Gasteiger partial charge in [0.2, 0.25) is 0 Å². The molecule has 120 valence electrons. The molecule has 21 heavy (non-hydrogen) atoms. The molecule has 4 atom stereocenters. The largest absolute Gasteiger partial charge is 0.394 e. The monoisotopic (exact) mass is 300 g/mol. The smallest absolute Gasteiger partial charge is 0.126 e. The van der Waals surface area contributed by atoms with Crippen molar-refractivity contribution >= 4 is 0 Å². The third-order valence-electron chi connectivity index (χ3n) is 3.30. The van der Waals surface area contributed by atoms with Crippen molar-refractivity contribution in [3.8, 4) is 0 Å². The van der Waals surface area contributed by atoms with Crippen LogP contribution in [0.5, 0.6) is 0 Å². The van der Waals surface area contributed by atoms with Gasteiger partial charge in [0.05, 0.1) is 24.2 Å². The van der Waals surface area contributed by atoms with Gasteiger partial charge in [0.1, 0.15) is 24.4 Å². The van der Waals surface area contributed by atoms with Gasteiger partial charge in [0, 0.05) is 6.20 Å². The number of aliphatic hydroxyl groups is 5. The Kier molecular flexibility index (Phi) is 7.69. The predicted molar refractivity (Wildman–Crippen MR) is 75.3 cm³/mol. The van der Waals surface area contributed by atoms with E-state index in [0.717, 1.165) is 25.7 Å². The van der Waals surface area contributed by atoms with Crippen LogP contribution >= 0.6 is 0 Å². The van der Waals surface area contributed by atoms with Crippen molar-refractivity contribution in [2.45, 2.75) is 57.0 Å². The molecule has 0 unspecified atom stereocenters. The maximum Gasteiger partial charge on any atom is 0.126 e. The Balaban J connectivity index is 2.72. The van der Waals surface area contributed by atoms with Crippen LogP contribution in [0.3, 0.4) is 0 Å². The van der Waals surface area contributed by atoms with Crippen LogP contribution in [0.4, 0.5) is 0 Å². The van der Waals surface area contributed by atoms with E-state index in [1.807, 2.05) is 0 Å². The Labute approximate surface area is 123 Å². The van der Waals surface area contributed by atoms with Gasteiger partial charge in [-0.2, -0.15) is 0 Å². The molecule has 0 amide bonds. The highest BCUT2D eigenvalue weighted by Gasteiger charge is 2.31. The third-order valence-corrected chi connectivity index (χ3v) is 3.30. The van der Waals surface area contributed by atoms with Gasteiger partial charge in [-0.25, -0.2) is 0 Å². The zero-order valence-corrected chi connectivity index (χ0v) is 12.1. The lowest BCUT2D eigenvalue weighted by molar-refractivity contribution is -0.117. The van der Waals surface area contributed by atoms with Gasteiger partial charge in [0.25, 0.3) is 0 Å². The fourth-order valence-electron chi connectivity index (χ4n) is 1.94. The van der Waals surface area contributed by atoms with Crippen LogP contribution in [0.2, 0.25) is 0 Å². The summed E-state index contributed by atoms with van der Waals surface area (Å²) in [6.07, 6.45) is 0.376. The average Bonchev–Trinajstić information content (AvgIpc) is 2.52. The fraction of sp³-hybridized carbons (Fsp3) is 0.714. The Bertz CT molecular complexity index is 418. The van der Waals surface area contributed by atoms with Crippen molar-refractivity contribution in [3.05, 3.63) is 23.8 Å². The van der Waals surface area contributed by atoms with Crippen molar-refractivity contribution in [2.75, 3.05) is 6.61 Å². The van der Waals surface area contributed by atoms with Crippen LogP contribution in [0.1, 0.15) is 43.7 Å². The molecule has 7 nitrogen and oxygen atoms in total. The van der Waals surface area contributed by atoms with Crippen molar-refractivity contribution in [3.63, 3.8) is 0 Å². The van der Waals surface area contributed by atoms with Crippen LogP contribution in [0.25, 0.3) is 0 Å². The Morgan fingerprint density at radius 3 is 2.38 bits per heavy atom. The van der Waals surface area contributed by atoms with Crippen LogP contribution < -0.4 is 0 Å². The van der Waals surface area contributed by atoms with Gasteiger partial charge in [0.15, 0.2) is 0 Å². The first-order valence-corrected chi connectivity index (χ1v) is 7.15. The van der Waals surface area contributed by atoms with E-state index in [-0.39, 0.29) is 5.69 Å². The lowest BCUT2D eigenvalue weighted by atomic mass is 10.0. The molecule has 1 rings (SSSR count). The summed E-state index contributed by atoms with van der Waals surface area (Å²) in [5, 5.41) is 47.4. The van der Waals surface area contributed by atoms with Crippen molar-refractivity contribution in [2.24, 2.45) is 0 Å². The summed E-state index contributed by atoms with van der Waals surface area (Å²) >= 11 is 0. The molecule has 0 spiro atoms. The zero-order chi connectivity index (χ0) is 15.8. The second-order valence-electron chi connectivity index (χ2n) is 5.07. The van der Waals surface area contributed by atoms with E-state index in [9.17, 15) is 20.4 Å². The first kappa shape index (κ1) is 17.9. The molecule has 0 bridgehead atoms. The first-order chi connectivity index (χ1) is 10.0. The summed E-state index contributed by atoms with van der Waals surface area (Å²) < 4.78 is 0. The minimum atomic E-state index is -1.67. The summed E-state index contributed by atoms with van der Waals surface area (Å²) in [5.74, 6) is 0. The van der Waals surface area contributed by atoms with E-state index in [1.165, 1.54) is 6.20 Å². The van der Waals surface area contributed by atoms with E-state index in [2.05, 4.69) is 16.9 Å². The van der Waals surface area contributed by atoms with Crippen LogP contribution in [0.15, 0.2) is 12.4 Å². The van der Waals surface area contributed by atoms with E-state index < -0.39 is 31.0 Å². The summed E-state index contributed by atoms with van der Waals surface area (Å²) in [4.78, 5) is 8.17. The highest BCUT2D eigenvalue weighted by atomic mass is 16.4. The Morgan fingerprint density at radius 1 is 1.05 bits per heavy atom. The molecule has 0 aliphatic heterocycles. The van der Waals surface area contributed by atoms with Gasteiger partial charge in [-0.3, -0.25) is 9.97 Å². The van der Waals surface area contributed by atoms with E-state index in [4.69, 9.17) is 5.11 Å². The van der Waals surface area contributed by atoms with E-state index in [1.54, 1.807) is 6.20 Å². The Hall–Kier alpha value is -1.12. The lowest BCUT2D eigenvalue weighted by Crippen LogP contribution is -2.42. The number of aryl methyl sites for hydroxylation is 1. The number of aromatic nitrogens is 2. The van der Waals surface area contributed by atoms with Crippen molar-refractivity contribution in [1.29, 1.82) is 0 Å². The standard InChI is InChI=1S/C14H24N2O5/c1-2-3-4-5-9-6-15-7-10(16-9)12(19)14(21)13(20)11(18)8-17/h6-7,11-14,17-21H,2-5,8H2,1H3/t11-,12-,13+,14+/m1/s1. The maximum atomic E-state index is 9.99. The molecule has 0 radical (unpaired) electrons. The molecule has 0 saturated carbocycles. The van der Waals surface area contributed by atoms with Crippen LogP contribution in [0, 0.1) is 0 Å². The van der Waals surface area contributed by atoms with Crippen LogP contribution in [-0.2, 0) is 6.42 Å². The number of hydrogen-bond donors (Lipinski definition) is 5. The van der Waals surface area contributed by atoms with E-state index in [0.29, 0.717) is 5.69 Å². The molecule has 1 aromatic rings. The molecule has 5 N–H and O–H groups in total. The second-order valence-corrected chi connectivity index (χ2v) is 5.07. The number of aliphatic hydroxyl groups excluding tert-OH is 5. The van der Waals surface area contributed by atoms with Gasteiger partial charge < -0.3 is 25.5 Å². The topological polar surface area (TPSA) is 127 Å². The molecular formula is C14H24N2O5. The maximum absolute atomic E-state index is 9.99. The normalized spacial score (nSPS) is 17.2. The molecule has 0 saturated heterocycles. The summed E-state index contributed by atoms with van der Waals surface area (Å²) in [6, 6.07) is 0.